The fourth-order valence-electron chi connectivity index (χ4n) is 7.31. The number of hydrogen-bond donors (Lipinski definition) is 1. The normalized spacial score (nSPS) is 22.8. The Kier molecular flexibility index (Phi) is 14.2. The van der Waals surface area contributed by atoms with Crippen molar-refractivity contribution in [2.24, 2.45) is 34.1 Å². The molecule has 1 N–H and O–H groups in total. The van der Waals surface area contributed by atoms with Crippen molar-refractivity contribution in [1.29, 1.82) is 0 Å². The van der Waals surface area contributed by atoms with Gasteiger partial charge in [0.05, 0.1) is 21.5 Å². The van der Waals surface area contributed by atoms with Gasteiger partial charge in [0, 0.05) is 35.7 Å². The maximum atomic E-state index is 14.2. The van der Waals surface area contributed by atoms with E-state index in [0.29, 0.717) is 38.5 Å². The molecule has 2 fully saturated rings. The van der Waals surface area contributed by atoms with Gasteiger partial charge in [0.1, 0.15) is 0 Å². The van der Waals surface area contributed by atoms with E-state index in [1.54, 1.807) is 19.1 Å². The van der Waals surface area contributed by atoms with E-state index in [1.165, 1.54) is 0 Å². The van der Waals surface area contributed by atoms with E-state index in [1.807, 2.05) is 13.8 Å². The molecule has 0 spiro atoms. The van der Waals surface area contributed by atoms with E-state index < -0.39 is 35.0 Å². The highest BCUT2D eigenvalue weighted by Gasteiger charge is 2.37. The fourth-order valence-corrected chi connectivity index (χ4v) is 8.12. The SMILES string of the molecule is CC(=C(C=NC(C)C(C)C1CCC(C(=O)O)CC1)C(=O)C(CCC(=O)c1c(Cl)cc(C)cc1Cl)CCC1(C)CCCCC1)C(F)(F)F. The molecule has 0 heterocycles. The van der Waals surface area contributed by atoms with E-state index >= 15 is 0 Å². The Morgan fingerprint density at radius 1 is 1.02 bits per heavy atom. The molecule has 0 saturated heterocycles. The predicted molar refractivity (Wildman–Crippen MR) is 183 cm³/mol. The molecule has 3 atom stereocenters. The Balaban J connectivity index is 1.87. The molecule has 1 aromatic carbocycles. The van der Waals surface area contributed by atoms with Crippen LogP contribution in [0.1, 0.15) is 127 Å². The van der Waals surface area contributed by atoms with Crippen molar-refractivity contribution in [1.82, 2.24) is 0 Å². The van der Waals surface area contributed by atoms with Crippen LogP contribution in [0.2, 0.25) is 10.0 Å². The first kappa shape index (κ1) is 39.3. The summed E-state index contributed by atoms with van der Waals surface area (Å²) in [5.74, 6) is -2.80. The molecule has 47 heavy (non-hydrogen) atoms. The lowest BCUT2D eigenvalue weighted by Gasteiger charge is -2.35. The molecule has 2 saturated carbocycles. The molecular formula is C37H50Cl2F3NO4. The number of aryl methyl sites for hydroxylation is 1. The first-order valence-corrected chi connectivity index (χ1v) is 17.8. The maximum Gasteiger partial charge on any atom is 0.413 e. The fraction of sp³-hybridized carbons (Fsp3) is 0.676. The molecule has 3 rings (SSSR count). The lowest BCUT2D eigenvalue weighted by atomic mass is 9.71. The number of ketones is 2. The Bertz CT molecular complexity index is 1320. The van der Waals surface area contributed by atoms with Crippen LogP contribution in [0.5, 0.6) is 0 Å². The van der Waals surface area contributed by atoms with Gasteiger partial charge in [0.25, 0.3) is 0 Å². The van der Waals surface area contributed by atoms with E-state index in [0.717, 1.165) is 50.8 Å². The van der Waals surface area contributed by atoms with Crippen LogP contribution in [-0.2, 0) is 9.59 Å². The number of carbonyl (C=O) groups excluding carboxylic acids is 2. The molecule has 0 aliphatic heterocycles. The number of rotatable bonds is 14. The number of benzene rings is 1. The first-order valence-electron chi connectivity index (χ1n) is 17.0. The van der Waals surface area contributed by atoms with Crippen LogP contribution < -0.4 is 0 Å². The van der Waals surface area contributed by atoms with Crippen LogP contribution in [0.25, 0.3) is 0 Å². The molecule has 3 unspecified atom stereocenters. The maximum absolute atomic E-state index is 14.2. The molecule has 2 aliphatic carbocycles. The lowest BCUT2D eigenvalue weighted by Crippen LogP contribution is -2.29. The molecule has 5 nitrogen and oxygen atoms in total. The van der Waals surface area contributed by atoms with Gasteiger partial charge in [-0.2, -0.15) is 13.2 Å². The monoisotopic (exact) mass is 699 g/mol. The van der Waals surface area contributed by atoms with E-state index in [4.69, 9.17) is 23.2 Å². The molecule has 0 aromatic heterocycles. The number of carboxylic acid groups (broad SMARTS) is 1. The Hall–Kier alpha value is -2.19. The van der Waals surface area contributed by atoms with Gasteiger partial charge in [-0.1, -0.05) is 56.3 Å². The topological polar surface area (TPSA) is 83.8 Å². The zero-order chi connectivity index (χ0) is 35.1. The smallest absolute Gasteiger partial charge is 0.413 e. The quantitative estimate of drug-likeness (QED) is 0.119. The summed E-state index contributed by atoms with van der Waals surface area (Å²) < 4.78 is 42.6. The third-order valence-electron chi connectivity index (χ3n) is 10.9. The van der Waals surface area contributed by atoms with Gasteiger partial charge in [-0.3, -0.25) is 19.4 Å². The summed E-state index contributed by atoms with van der Waals surface area (Å²) in [6.45, 7) is 8.70. The predicted octanol–water partition coefficient (Wildman–Crippen LogP) is 11.1. The minimum Gasteiger partial charge on any atom is -0.481 e. The Morgan fingerprint density at radius 3 is 2.13 bits per heavy atom. The summed E-state index contributed by atoms with van der Waals surface area (Å²) in [5, 5.41) is 9.75. The largest absolute Gasteiger partial charge is 0.481 e. The highest BCUT2D eigenvalue weighted by atomic mass is 35.5. The highest BCUT2D eigenvalue weighted by Crippen LogP contribution is 2.42. The minimum atomic E-state index is -4.74. The second-order valence-electron chi connectivity index (χ2n) is 14.4. The van der Waals surface area contributed by atoms with E-state index in [9.17, 15) is 32.7 Å². The van der Waals surface area contributed by atoms with Gasteiger partial charge in [0.15, 0.2) is 11.6 Å². The second kappa shape index (κ2) is 17.0. The van der Waals surface area contributed by atoms with Crippen LogP contribution in [0.4, 0.5) is 13.2 Å². The third-order valence-corrected chi connectivity index (χ3v) is 11.5. The molecule has 10 heteroatoms. The minimum absolute atomic E-state index is 0.00721. The van der Waals surface area contributed by atoms with Crippen molar-refractivity contribution >= 4 is 47.0 Å². The van der Waals surface area contributed by atoms with Crippen molar-refractivity contribution in [2.75, 3.05) is 0 Å². The summed E-state index contributed by atoms with van der Waals surface area (Å²) in [5.41, 5.74) is -0.529. The third kappa shape index (κ3) is 10.9. The number of carbonyl (C=O) groups is 3. The van der Waals surface area contributed by atoms with Crippen LogP contribution >= 0.6 is 23.2 Å². The molecular weight excluding hydrogens is 650 g/mol. The van der Waals surface area contributed by atoms with E-state index in [2.05, 4.69) is 11.9 Å². The van der Waals surface area contributed by atoms with Crippen LogP contribution in [0.15, 0.2) is 28.3 Å². The summed E-state index contributed by atoms with van der Waals surface area (Å²) in [6.07, 6.45) is 5.23. The molecule has 0 radical (unpaired) electrons. The molecule has 2 aliphatic rings. The molecule has 0 bridgehead atoms. The van der Waals surface area contributed by atoms with Crippen molar-refractivity contribution in [2.45, 2.75) is 130 Å². The Morgan fingerprint density at radius 2 is 1.60 bits per heavy atom. The van der Waals surface area contributed by atoms with Crippen LogP contribution in [-0.4, -0.2) is 41.1 Å². The number of alkyl halides is 3. The number of halogens is 5. The van der Waals surface area contributed by atoms with E-state index in [-0.39, 0.29) is 63.4 Å². The Labute approximate surface area is 287 Å². The second-order valence-corrected chi connectivity index (χ2v) is 15.2. The van der Waals surface area contributed by atoms with Gasteiger partial charge >= 0.3 is 12.1 Å². The van der Waals surface area contributed by atoms with Gasteiger partial charge in [-0.15, -0.1) is 0 Å². The summed E-state index contributed by atoms with van der Waals surface area (Å²) in [4.78, 5) is 43.4. The van der Waals surface area contributed by atoms with Crippen LogP contribution in [0.3, 0.4) is 0 Å². The van der Waals surface area contributed by atoms with Crippen LogP contribution in [0, 0.1) is 36.0 Å². The van der Waals surface area contributed by atoms with Gasteiger partial charge in [-0.25, -0.2) is 0 Å². The van der Waals surface area contributed by atoms with Crippen molar-refractivity contribution in [3.05, 3.63) is 44.5 Å². The molecule has 1 aromatic rings. The highest BCUT2D eigenvalue weighted by molar-refractivity contribution is 6.40. The zero-order valence-electron chi connectivity index (χ0n) is 28.3. The number of allylic oxidation sites excluding steroid dienone is 2. The number of aliphatic carboxylic acids is 1. The summed E-state index contributed by atoms with van der Waals surface area (Å²) in [7, 11) is 0. The number of aliphatic imine (C=N–C) groups is 1. The standard InChI is InChI=1S/C37H50Cl2F3NO4/c1-22-19-30(38)33(31(39)20-22)32(44)14-13-27(15-18-36(5)16-7-6-8-17-36)34(45)29(24(3)37(40,41)42)21-43-25(4)23(2)26-9-11-28(12-10-26)35(46)47/h19-21,23,25-28H,6-18H2,1-5H3,(H,46,47). The average Bonchev–Trinajstić information content (AvgIpc) is 2.99. The van der Waals surface area contributed by atoms with Crippen molar-refractivity contribution in [3.63, 3.8) is 0 Å². The average molecular weight is 701 g/mol. The van der Waals surface area contributed by atoms with Gasteiger partial charge < -0.3 is 5.11 Å². The van der Waals surface area contributed by atoms with Crippen molar-refractivity contribution in [3.8, 4) is 0 Å². The molecule has 262 valence electrons. The lowest BCUT2D eigenvalue weighted by molar-refractivity contribution is -0.143. The number of hydrogen-bond acceptors (Lipinski definition) is 4. The zero-order valence-corrected chi connectivity index (χ0v) is 29.8. The summed E-state index contributed by atoms with van der Waals surface area (Å²) >= 11 is 12.7. The summed E-state index contributed by atoms with van der Waals surface area (Å²) in [6, 6.07) is 2.89. The first-order chi connectivity index (χ1) is 21.9. The molecule has 0 amide bonds. The number of carboxylic acids is 1. The van der Waals surface area contributed by atoms with Gasteiger partial charge in [-0.05, 0) is 114 Å². The number of Topliss-reactive ketones (excluding diaryl/α,β-unsaturated/α-hetero) is 2. The van der Waals surface area contributed by atoms with Crippen molar-refractivity contribution < 1.29 is 32.7 Å². The number of nitrogens with zero attached hydrogens (tertiary/aromatic N) is 1. The van der Waals surface area contributed by atoms with Gasteiger partial charge in [0.2, 0.25) is 0 Å².